The third-order valence-electron chi connectivity index (χ3n) is 4.06. The molecule has 1 aliphatic heterocycles. The van der Waals surface area contributed by atoms with Gasteiger partial charge >= 0.3 is 0 Å². The van der Waals surface area contributed by atoms with Gasteiger partial charge in [-0.15, -0.1) is 0 Å². The predicted molar refractivity (Wildman–Crippen MR) is 85.7 cm³/mol. The maximum Gasteiger partial charge on any atom is 0.280 e. The van der Waals surface area contributed by atoms with Crippen molar-refractivity contribution in [1.82, 2.24) is 0 Å². The molecule has 0 bridgehead atoms. The largest absolute Gasteiger partial charge is 0.375 e. The lowest BCUT2D eigenvalue weighted by Gasteiger charge is -2.20. The fourth-order valence-electron chi connectivity index (χ4n) is 2.83. The Bertz CT molecular complexity index is 877. The molecule has 0 aliphatic carbocycles. The number of aryl methyl sites for hydroxylation is 1. The molecule has 0 aromatic heterocycles. The Morgan fingerprint density at radius 3 is 2.71 bits per heavy atom. The van der Waals surface area contributed by atoms with Crippen LogP contribution in [0.5, 0.6) is 0 Å². The van der Waals surface area contributed by atoms with Crippen LogP contribution in [0.25, 0.3) is 0 Å². The average molecular weight is 326 g/mol. The molecule has 2 aromatic rings. The molecule has 0 saturated carbocycles. The van der Waals surface area contributed by atoms with Crippen molar-refractivity contribution in [2.45, 2.75) is 18.9 Å². The van der Waals surface area contributed by atoms with E-state index >= 15 is 0 Å². The molecule has 1 atom stereocenters. The number of hydrogen-bond acceptors (Lipinski definition) is 5. The second-order valence-corrected chi connectivity index (χ2v) is 5.74. The van der Waals surface area contributed by atoms with Crippen LogP contribution in [0.2, 0.25) is 0 Å². The number of hydrogen-bond donors (Lipinski definition) is 2. The molecule has 2 aromatic carbocycles. The normalized spacial score (nSPS) is 18.8. The zero-order valence-electron chi connectivity index (χ0n) is 12.8. The highest BCUT2D eigenvalue weighted by Gasteiger charge is 2.47. The molecule has 1 aliphatic rings. The van der Waals surface area contributed by atoms with Crippen LogP contribution in [0.4, 0.5) is 11.4 Å². The van der Waals surface area contributed by atoms with E-state index in [-0.39, 0.29) is 11.3 Å². The number of aliphatic hydroxyl groups is 1. The van der Waals surface area contributed by atoms with Gasteiger partial charge in [0, 0.05) is 17.3 Å². The minimum atomic E-state index is -2.04. The molecule has 0 spiro atoms. The van der Waals surface area contributed by atoms with Gasteiger partial charge in [-0.2, -0.15) is 0 Å². The molecule has 7 heteroatoms. The van der Waals surface area contributed by atoms with Crippen molar-refractivity contribution in [3.05, 3.63) is 69.3 Å². The molecule has 122 valence electrons. The van der Waals surface area contributed by atoms with E-state index in [1.165, 1.54) is 24.3 Å². The summed E-state index contributed by atoms with van der Waals surface area (Å²) in [7, 11) is 0. The first-order chi connectivity index (χ1) is 11.3. The SMILES string of the molecule is Cc1ccc2c(c1)[C@](O)(CC(=O)c1ccccc1[N+](=O)[O-])C(=O)N2. The summed E-state index contributed by atoms with van der Waals surface area (Å²) in [4.78, 5) is 35.1. The number of nitrogens with zero attached hydrogens (tertiary/aromatic N) is 1. The molecule has 0 fully saturated rings. The molecule has 0 saturated heterocycles. The third-order valence-corrected chi connectivity index (χ3v) is 4.06. The molecule has 24 heavy (non-hydrogen) atoms. The third kappa shape index (κ3) is 2.44. The van der Waals surface area contributed by atoms with Crippen LogP contribution in [-0.4, -0.2) is 21.7 Å². The van der Waals surface area contributed by atoms with E-state index < -0.39 is 28.6 Å². The van der Waals surface area contributed by atoms with Gasteiger partial charge in [0.1, 0.15) is 0 Å². The molecule has 0 radical (unpaired) electrons. The van der Waals surface area contributed by atoms with Gasteiger partial charge in [0.15, 0.2) is 11.4 Å². The van der Waals surface area contributed by atoms with Gasteiger partial charge in [0.2, 0.25) is 0 Å². The first-order valence-corrected chi connectivity index (χ1v) is 7.24. The predicted octanol–water partition coefficient (Wildman–Crippen LogP) is 2.32. The summed E-state index contributed by atoms with van der Waals surface area (Å²) in [6.45, 7) is 1.80. The van der Waals surface area contributed by atoms with Crippen molar-refractivity contribution in [2.24, 2.45) is 0 Å². The Hall–Kier alpha value is -3.06. The molecule has 0 unspecified atom stereocenters. The second kappa shape index (κ2) is 5.54. The summed E-state index contributed by atoms with van der Waals surface area (Å²) in [6.07, 6.45) is -0.569. The van der Waals surface area contributed by atoms with Gasteiger partial charge in [0.05, 0.1) is 16.9 Å². The molecular formula is C17H14N2O5. The zero-order chi connectivity index (χ0) is 17.5. The lowest BCUT2D eigenvalue weighted by Crippen LogP contribution is -2.36. The number of Topliss-reactive ketones (excluding diaryl/α,β-unsaturated/α-hetero) is 1. The van der Waals surface area contributed by atoms with Crippen LogP contribution >= 0.6 is 0 Å². The van der Waals surface area contributed by atoms with E-state index in [4.69, 9.17) is 0 Å². The number of benzene rings is 2. The number of carbonyl (C=O) groups excluding carboxylic acids is 2. The number of nitro groups is 1. The van der Waals surface area contributed by atoms with E-state index in [9.17, 15) is 24.8 Å². The van der Waals surface area contributed by atoms with Crippen LogP contribution in [0, 0.1) is 17.0 Å². The van der Waals surface area contributed by atoms with Crippen LogP contribution in [0.3, 0.4) is 0 Å². The summed E-state index contributed by atoms with van der Waals surface area (Å²) in [5.41, 5.74) is -0.967. The number of ketones is 1. The summed E-state index contributed by atoms with van der Waals surface area (Å²) in [6, 6.07) is 10.5. The summed E-state index contributed by atoms with van der Waals surface area (Å²) >= 11 is 0. The summed E-state index contributed by atoms with van der Waals surface area (Å²) in [5.74, 6) is -1.38. The summed E-state index contributed by atoms with van der Waals surface area (Å²) < 4.78 is 0. The Morgan fingerprint density at radius 1 is 1.29 bits per heavy atom. The molecule has 2 N–H and O–H groups in total. The molecular weight excluding hydrogens is 312 g/mol. The standard InChI is InChI=1S/C17H14N2O5/c1-10-6-7-13-12(8-10)17(22,16(21)18-13)9-15(20)11-4-2-3-5-14(11)19(23)24/h2-8,22H,9H2,1H3,(H,18,21)/t17-/m1/s1. The first-order valence-electron chi connectivity index (χ1n) is 7.24. The van der Waals surface area contributed by atoms with Crippen molar-refractivity contribution in [3.63, 3.8) is 0 Å². The Balaban J connectivity index is 2.00. The maximum atomic E-state index is 12.5. The minimum absolute atomic E-state index is 0.134. The van der Waals surface area contributed by atoms with Gasteiger partial charge in [0.25, 0.3) is 11.6 Å². The van der Waals surface area contributed by atoms with Crippen molar-refractivity contribution >= 4 is 23.1 Å². The summed E-state index contributed by atoms with van der Waals surface area (Å²) in [5, 5.41) is 24.4. The molecule has 7 nitrogen and oxygen atoms in total. The lowest BCUT2D eigenvalue weighted by molar-refractivity contribution is -0.385. The maximum absolute atomic E-state index is 12.5. The van der Waals surface area contributed by atoms with Crippen molar-refractivity contribution in [3.8, 4) is 0 Å². The monoisotopic (exact) mass is 326 g/mol. The van der Waals surface area contributed by atoms with Crippen molar-refractivity contribution in [1.29, 1.82) is 0 Å². The Morgan fingerprint density at radius 2 is 2.00 bits per heavy atom. The molecule has 3 rings (SSSR count). The number of para-hydroxylation sites is 1. The van der Waals surface area contributed by atoms with E-state index in [1.54, 1.807) is 25.1 Å². The highest BCUT2D eigenvalue weighted by Crippen LogP contribution is 2.40. The smallest absolute Gasteiger partial charge is 0.280 e. The number of anilines is 1. The van der Waals surface area contributed by atoms with E-state index in [0.717, 1.165) is 5.56 Å². The van der Waals surface area contributed by atoms with Gasteiger partial charge < -0.3 is 10.4 Å². The zero-order valence-corrected chi connectivity index (χ0v) is 12.8. The van der Waals surface area contributed by atoms with Crippen LogP contribution < -0.4 is 5.32 Å². The van der Waals surface area contributed by atoms with Gasteiger partial charge in [-0.25, -0.2) is 0 Å². The van der Waals surface area contributed by atoms with E-state index in [1.807, 2.05) is 0 Å². The number of nitrogens with one attached hydrogen (secondary N) is 1. The number of carbonyl (C=O) groups is 2. The van der Waals surface area contributed by atoms with E-state index in [0.29, 0.717) is 11.3 Å². The van der Waals surface area contributed by atoms with Gasteiger partial charge in [-0.1, -0.05) is 29.8 Å². The van der Waals surface area contributed by atoms with E-state index in [2.05, 4.69) is 5.32 Å². The number of nitro benzene ring substituents is 1. The van der Waals surface area contributed by atoms with Crippen LogP contribution in [0.1, 0.15) is 27.9 Å². The number of rotatable bonds is 4. The quantitative estimate of drug-likeness (QED) is 0.509. The number of fused-ring (bicyclic) bond motifs is 1. The van der Waals surface area contributed by atoms with Crippen LogP contribution in [-0.2, 0) is 10.4 Å². The fourth-order valence-corrected chi connectivity index (χ4v) is 2.83. The molecule has 1 amide bonds. The van der Waals surface area contributed by atoms with Crippen molar-refractivity contribution in [2.75, 3.05) is 5.32 Å². The topological polar surface area (TPSA) is 110 Å². The highest BCUT2D eigenvalue weighted by molar-refractivity contribution is 6.10. The second-order valence-electron chi connectivity index (χ2n) is 5.74. The van der Waals surface area contributed by atoms with Crippen molar-refractivity contribution < 1.29 is 19.6 Å². The van der Waals surface area contributed by atoms with Gasteiger partial charge in [-0.3, -0.25) is 19.7 Å². The highest BCUT2D eigenvalue weighted by atomic mass is 16.6. The minimum Gasteiger partial charge on any atom is -0.375 e. The Labute approximate surface area is 137 Å². The lowest BCUT2D eigenvalue weighted by atomic mass is 9.87. The van der Waals surface area contributed by atoms with Crippen LogP contribution in [0.15, 0.2) is 42.5 Å². The first kappa shape index (κ1) is 15.8. The number of amides is 1. The molecule has 1 heterocycles. The van der Waals surface area contributed by atoms with Gasteiger partial charge in [-0.05, 0) is 19.1 Å². The fraction of sp³-hybridized carbons (Fsp3) is 0.176. The average Bonchev–Trinajstić information content (AvgIpc) is 2.78. The Kier molecular flexibility index (Phi) is 3.65.